The van der Waals surface area contributed by atoms with Crippen LogP contribution in [0.4, 0.5) is 0 Å². The summed E-state index contributed by atoms with van der Waals surface area (Å²) in [5.41, 5.74) is 10.8. The van der Waals surface area contributed by atoms with Crippen LogP contribution in [0.5, 0.6) is 5.75 Å². The number of amides is 5. The quantitative estimate of drug-likeness (QED) is 0.0564. The molecule has 5 amide bonds. The van der Waals surface area contributed by atoms with Gasteiger partial charge in [0.2, 0.25) is 29.5 Å². The molecule has 1 aromatic heterocycles. The minimum absolute atomic E-state index is 0.0414. The number of carboxylic acid groups (broad SMARTS) is 1. The summed E-state index contributed by atoms with van der Waals surface area (Å²) in [5, 5.41) is 42.3. The summed E-state index contributed by atoms with van der Waals surface area (Å²) in [6.07, 6.45) is 2.82. The predicted octanol–water partition coefficient (Wildman–Crippen LogP) is -1.77. The molecule has 54 heavy (non-hydrogen) atoms. The van der Waals surface area contributed by atoms with Crippen LogP contribution in [-0.4, -0.2) is 110 Å². The second-order valence-electron chi connectivity index (χ2n) is 14.2. The van der Waals surface area contributed by atoms with Gasteiger partial charge in [-0.2, -0.15) is 0 Å². The maximum atomic E-state index is 14.0. The highest BCUT2D eigenvalue weighted by molar-refractivity contribution is 5.96. The predicted molar refractivity (Wildman–Crippen MR) is 197 cm³/mol. The Bertz CT molecular complexity index is 1520. The summed E-state index contributed by atoms with van der Waals surface area (Å²) in [7, 11) is 0. The maximum absolute atomic E-state index is 14.0. The van der Waals surface area contributed by atoms with Crippen molar-refractivity contribution in [2.45, 2.75) is 115 Å². The third kappa shape index (κ3) is 15.1. The molecule has 18 nitrogen and oxygen atoms in total. The molecule has 1 aromatic carbocycles. The number of aromatic hydroxyl groups is 1. The van der Waals surface area contributed by atoms with Gasteiger partial charge in [0.05, 0.1) is 25.0 Å². The van der Waals surface area contributed by atoms with E-state index in [0.29, 0.717) is 30.6 Å². The zero-order chi connectivity index (χ0) is 40.5. The fourth-order valence-electron chi connectivity index (χ4n) is 5.43. The molecule has 300 valence electrons. The lowest BCUT2D eigenvalue weighted by atomic mass is 10.00. The van der Waals surface area contributed by atoms with Gasteiger partial charge >= 0.3 is 5.97 Å². The number of benzene rings is 1. The van der Waals surface area contributed by atoms with Crippen LogP contribution in [-0.2, 0) is 41.6 Å². The number of quaternary nitrogens is 1. The molecule has 0 bridgehead atoms. The number of aromatic amines is 1. The van der Waals surface area contributed by atoms with E-state index in [2.05, 4.69) is 42.3 Å². The molecule has 2 aromatic rings. The molecule has 7 atom stereocenters. The lowest BCUT2D eigenvalue weighted by molar-refractivity contribution is -0.368. The molecule has 0 aliphatic rings. The molecule has 2 rings (SSSR count). The zero-order valence-electron chi connectivity index (χ0n) is 31.6. The topological polar surface area (TPSA) is 306 Å². The number of hydrogen-bond donors (Lipinski definition) is 11. The fourth-order valence-corrected chi connectivity index (χ4v) is 5.43. The van der Waals surface area contributed by atoms with Crippen molar-refractivity contribution in [3.8, 4) is 5.75 Å². The summed E-state index contributed by atoms with van der Waals surface area (Å²) in [4.78, 5) is 86.5. The monoisotopic (exact) mass is 760 g/mol. The number of aliphatic hydroxyl groups is 1. The van der Waals surface area contributed by atoms with Gasteiger partial charge in [0.1, 0.15) is 29.9 Å². The van der Waals surface area contributed by atoms with Gasteiger partial charge in [0.15, 0.2) is 6.04 Å². The number of rotatable bonds is 23. The molecule has 0 saturated heterocycles. The Morgan fingerprint density at radius 2 is 1.31 bits per heavy atom. The highest BCUT2D eigenvalue weighted by atomic mass is 16.4. The Hall–Kier alpha value is -5.07. The van der Waals surface area contributed by atoms with Gasteiger partial charge < -0.3 is 58.4 Å². The lowest BCUT2D eigenvalue weighted by Crippen LogP contribution is -2.60. The number of nitrogens with two attached hydrogens (primary N) is 1. The van der Waals surface area contributed by atoms with E-state index >= 15 is 0 Å². The third-order valence-corrected chi connectivity index (χ3v) is 8.65. The first-order valence-corrected chi connectivity index (χ1v) is 18.2. The number of phenols is 1. The van der Waals surface area contributed by atoms with E-state index in [1.807, 2.05) is 13.8 Å². The molecule has 0 aliphatic carbocycles. The standard InChI is InChI=1S/C36H57N9O9/c1-19(2)14-26(42-31(48)25(8-6-7-13-37)41-35(52)29(38)20(3)4)32(49)44-28(16-23-17-39-18-40-23)33(50)43-27(15-22-9-11-24(47)12-10-22)34(51)45-30(21(5)46)36(53)54/h9-12,17-21,25-30,46-47H,6-8,13-16,37-38H2,1-5H3,(H,39,40)(H,41,52)(H,42,48)(H,43,50)(H,44,49)(H,45,51)(H,53,54)/p+1/t21-,25+,26+,27+,28+,29+,30+/m1/s1. The number of aliphatic hydroxyl groups excluding tert-OH is 1. The van der Waals surface area contributed by atoms with Gasteiger partial charge in [-0.3, -0.25) is 24.0 Å². The van der Waals surface area contributed by atoms with E-state index in [9.17, 15) is 44.1 Å². The number of carbonyl (C=O) groups is 6. The lowest BCUT2D eigenvalue weighted by Gasteiger charge is -2.28. The largest absolute Gasteiger partial charge is 0.508 e. The molecule has 0 spiro atoms. The van der Waals surface area contributed by atoms with Crippen LogP contribution < -0.4 is 38.1 Å². The van der Waals surface area contributed by atoms with Crippen LogP contribution in [0.25, 0.3) is 0 Å². The normalized spacial score (nSPS) is 15.2. The maximum Gasteiger partial charge on any atom is 0.328 e. The van der Waals surface area contributed by atoms with Crippen molar-refractivity contribution in [3.05, 3.63) is 48.0 Å². The second-order valence-corrected chi connectivity index (χ2v) is 14.2. The number of carbonyl (C=O) groups excluding carboxylic acids is 5. The molecule has 0 saturated carbocycles. The van der Waals surface area contributed by atoms with Crippen LogP contribution in [0.2, 0.25) is 0 Å². The smallest absolute Gasteiger partial charge is 0.328 e. The van der Waals surface area contributed by atoms with Gasteiger partial charge in [0.25, 0.3) is 0 Å². The van der Waals surface area contributed by atoms with Crippen molar-refractivity contribution in [3.63, 3.8) is 0 Å². The fraction of sp³-hybridized carbons (Fsp3) is 0.583. The highest BCUT2D eigenvalue weighted by Gasteiger charge is 2.34. The van der Waals surface area contributed by atoms with Crippen LogP contribution in [0.1, 0.15) is 71.6 Å². The van der Waals surface area contributed by atoms with Gasteiger partial charge in [-0.15, -0.1) is 0 Å². The van der Waals surface area contributed by atoms with Crippen LogP contribution >= 0.6 is 0 Å². The van der Waals surface area contributed by atoms with E-state index in [-0.39, 0.29) is 43.3 Å². The van der Waals surface area contributed by atoms with Crippen molar-refractivity contribution in [1.29, 1.82) is 0 Å². The average Bonchev–Trinajstić information content (AvgIpc) is 3.62. The molecule has 0 aliphatic heterocycles. The number of carboxylic acids is 1. The number of unbranched alkanes of at least 4 members (excludes halogenated alkanes) is 1. The van der Waals surface area contributed by atoms with Crippen LogP contribution in [0.15, 0.2) is 36.8 Å². The highest BCUT2D eigenvalue weighted by Crippen LogP contribution is 2.13. The Morgan fingerprint density at radius 3 is 1.83 bits per heavy atom. The molecular weight excluding hydrogens is 702 g/mol. The first-order chi connectivity index (χ1) is 25.4. The molecule has 14 N–H and O–H groups in total. The van der Waals surface area contributed by atoms with Crippen LogP contribution in [0, 0.1) is 11.8 Å². The summed E-state index contributed by atoms with van der Waals surface area (Å²) in [6, 6.07) is -1.62. The number of imidazole rings is 1. The molecule has 0 fully saturated rings. The van der Waals surface area contributed by atoms with E-state index in [1.54, 1.807) is 13.8 Å². The van der Waals surface area contributed by atoms with E-state index in [4.69, 9.17) is 5.73 Å². The number of H-pyrrole nitrogens is 1. The first kappa shape index (κ1) is 45.1. The number of phenolic OH excluding ortho intramolecular Hbond substituents is 1. The Morgan fingerprint density at radius 1 is 0.778 bits per heavy atom. The molecule has 18 heteroatoms. The van der Waals surface area contributed by atoms with Gasteiger partial charge in [-0.1, -0.05) is 39.8 Å². The van der Waals surface area contributed by atoms with E-state index < -0.39 is 77.9 Å². The summed E-state index contributed by atoms with van der Waals surface area (Å²) < 4.78 is 0. The molecule has 0 radical (unpaired) electrons. The number of nitrogens with zero attached hydrogens (tertiary/aromatic N) is 1. The number of nitrogens with one attached hydrogen (secondary N) is 6. The summed E-state index contributed by atoms with van der Waals surface area (Å²) >= 11 is 0. The number of aliphatic carboxylic acids is 1. The van der Waals surface area contributed by atoms with Crippen LogP contribution in [0.3, 0.4) is 0 Å². The number of hydrogen-bond acceptors (Lipinski definition) is 10. The molecule has 1 heterocycles. The van der Waals surface area contributed by atoms with Crippen molar-refractivity contribution in [2.75, 3.05) is 6.54 Å². The third-order valence-electron chi connectivity index (χ3n) is 8.65. The van der Waals surface area contributed by atoms with Crippen molar-refractivity contribution in [2.24, 2.45) is 17.6 Å². The zero-order valence-corrected chi connectivity index (χ0v) is 31.6. The Labute approximate surface area is 315 Å². The first-order valence-electron chi connectivity index (χ1n) is 18.2. The number of aromatic nitrogens is 2. The molecule has 0 unspecified atom stereocenters. The minimum atomic E-state index is -1.69. The average molecular weight is 761 g/mol. The van der Waals surface area contributed by atoms with E-state index in [1.165, 1.54) is 43.7 Å². The van der Waals surface area contributed by atoms with Gasteiger partial charge in [0, 0.05) is 24.7 Å². The Balaban J connectivity index is 2.40. The Kier molecular flexibility index (Phi) is 18.6. The van der Waals surface area contributed by atoms with Crippen molar-refractivity contribution in [1.82, 2.24) is 36.6 Å². The summed E-state index contributed by atoms with van der Waals surface area (Å²) in [5.74, 6) is -5.38. The minimum Gasteiger partial charge on any atom is -0.508 e. The SMILES string of the molecule is CC(C)C[C@H](NC(=O)[C@H](CCCC[NH3+])NC(=O)[C@@H](N)C(C)C)C(=O)N[C@@H](Cc1cnc[nH]1)C(=O)N[C@@H](Cc1ccc(O)cc1)C(=O)N[C@H](C(=O)O)[C@@H](C)O. The van der Waals surface area contributed by atoms with Gasteiger partial charge in [-0.25, -0.2) is 9.78 Å². The van der Waals surface area contributed by atoms with E-state index in [0.717, 1.165) is 0 Å². The van der Waals surface area contributed by atoms with Crippen molar-refractivity contribution < 1.29 is 49.8 Å². The van der Waals surface area contributed by atoms with Gasteiger partial charge in [-0.05, 0) is 62.1 Å². The molecular formula is C36H58N9O9+. The second kappa shape index (κ2) is 22.2. The summed E-state index contributed by atoms with van der Waals surface area (Å²) in [6.45, 7) is 9.08. The van der Waals surface area contributed by atoms with Crippen molar-refractivity contribution >= 4 is 35.5 Å².